The van der Waals surface area contributed by atoms with Gasteiger partial charge in [0.15, 0.2) is 0 Å². The maximum Gasteiger partial charge on any atom is 0.0640 e. The molecule has 0 radical (unpaired) electrons. The van der Waals surface area contributed by atoms with Crippen molar-refractivity contribution in [2.45, 2.75) is 0 Å². The molecule has 0 bridgehead atoms. The van der Waals surface area contributed by atoms with Gasteiger partial charge in [0.25, 0.3) is 0 Å². The van der Waals surface area contributed by atoms with Gasteiger partial charge in [-0.3, -0.25) is 0 Å². The summed E-state index contributed by atoms with van der Waals surface area (Å²) < 4.78 is 2.58. The summed E-state index contributed by atoms with van der Waals surface area (Å²) in [6.07, 6.45) is 0. The zero-order chi connectivity index (χ0) is 41.0. The average Bonchev–Trinajstić information content (AvgIpc) is 3.75. The fourth-order valence-corrected chi connectivity index (χ4v) is 10.6. The summed E-state index contributed by atoms with van der Waals surface area (Å²) in [6, 6.07) is 86.6. The van der Waals surface area contributed by atoms with E-state index in [0.29, 0.717) is 0 Å². The first-order chi connectivity index (χ1) is 30.7. The smallest absolute Gasteiger partial charge is 0.0640 e. The molecule has 12 rings (SSSR count). The SMILES string of the molecule is c1ccc(-c2ccc(N(c3ccc(-c4ccc5cc(-c6ccc7ccccc7c6)ccc5c4)cc3)c3cccc4c3sc3c(-c5ccccc5)cc5ccccc5c34)cc2)cc1. The highest BCUT2D eigenvalue weighted by Gasteiger charge is 2.21. The summed E-state index contributed by atoms with van der Waals surface area (Å²) in [5.41, 5.74) is 13.2. The van der Waals surface area contributed by atoms with Gasteiger partial charge in [0, 0.05) is 32.4 Å². The van der Waals surface area contributed by atoms with Gasteiger partial charge in [0.05, 0.1) is 10.4 Å². The summed E-state index contributed by atoms with van der Waals surface area (Å²) in [7, 11) is 0. The van der Waals surface area contributed by atoms with Gasteiger partial charge in [-0.05, 0) is 126 Å². The highest BCUT2D eigenvalue weighted by atomic mass is 32.1. The predicted octanol–water partition coefficient (Wildman–Crippen LogP) is 17.7. The second kappa shape index (κ2) is 15.0. The van der Waals surface area contributed by atoms with Crippen molar-refractivity contribution >= 4 is 80.9 Å². The highest BCUT2D eigenvalue weighted by Crippen LogP contribution is 2.49. The fourth-order valence-electron chi connectivity index (χ4n) is 9.28. The minimum atomic E-state index is 1.11. The van der Waals surface area contributed by atoms with Crippen LogP contribution in [0.25, 0.3) is 97.0 Å². The van der Waals surface area contributed by atoms with Crippen molar-refractivity contribution in [3.63, 3.8) is 0 Å². The number of anilines is 3. The Bertz CT molecular complexity index is 3610. The zero-order valence-corrected chi connectivity index (χ0v) is 34.7. The number of nitrogens with zero attached hydrogens (tertiary/aromatic N) is 1. The lowest BCUT2D eigenvalue weighted by atomic mass is 9.96. The Morgan fingerprint density at radius 1 is 0.274 bits per heavy atom. The lowest BCUT2D eigenvalue weighted by Crippen LogP contribution is -2.10. The number of thiophene rings is 1. The van der Waals surface area contributed by atoms with Gasteiger partial charge in [-0.15, -0.1) is 11.3 Å². The molecular formula is C60H39NS. The first-order valence-corrected chi connectivity index (χ1v) is 22.0. The Morgan fingerprint density at radius 2 is 0.726 bits per heavy atom. The van der Waals surface area contributed by atoms with E-state index < -0.39 is 0 Å². The third kappa shape index (κ3) is 6.32. The van der Waals surface area contributed by atoms with Crippen LogP contribution in [0.5, 0.6) is 0 Å². The van der Waals surface area contributed by atoms with Crippen LogP contribution < -0.4 is 4.90 Å². The van der Waals surface area contributed by atoms with Crippen LogP contribution in [-0.2, 0) is 0 Å². The number of hydrogen-bond acceptors (Lipinski definition) is 2. The molecule has 0 unspecified atom stereocenters. The monoisotopic (exact) mass is 805 g/mol. The zero-order valence-electron chi connectivity index (χ0n) is 33.9. The van der Waals surface area contributed by atoms with E-state index in [1.54, 1.807) is 0 Å². The van der Waals surface area contributed by atoms with Crippen molar-refractivity contribution in [2.75, 3.05) is 4.90 Å². The minimum Gasteiger partial charge on any atom is -0.309 e. The molecule has 0 aliphatic heterocycles. The second-order valence-electron chi connectivity index (χ2n) is 16.1. The molecule has 1 heterocycles. The van der Waals surface area contributed by atoms with Gasteiger partial charge in [-0.1, -0.05) is 182 Å². The molecule has 0 amide bonds. The molecule has 290 valence electrons. The normalized spacial score (nSPS) is 11.5. The van der Waals surface area contributed by atoms with Crippen LogP contribution in [0.2, 0.25) is 0 Å². The quantitative estimate of drug-likeness (QED) is 0.155. The van der Waals surface area contributed by atoms with Gasteiger partial charge in [-0.2, -0.15) is 0 Å². The van der Waals surface area contributed by atoms with Crippen LogP contribution in [0.4, 0.5) is 17.1 Å². The third-order valence-electron chi connectivity index (χ3n) is 12.4. The Kier molecular flexibility index (Phi) is 8.76. The number of benzene rings is 11. The lowest BCUT2D eigenvalue weighted by Gasteiger charge is -2.26. The molecule has 1 aromatic heterocycles. The lowest BCUT2D eigenvalue weighted by molar-refractivity contribution is 1.30. The van der Waals surface area contributed by atoms with Crippen molar-refractivity contribution in [1.82, 2.24) is 0 Å². The van der Waals surface area contributed by atoms with Crippen LogP contribution >= 0.6 is 11.3 Å². The Labute approximate surface area is 365 Å². The van der Waals surface area contributed by atoms with E-state index in [4.69, 9.17) is 0 Å². The van der Waals surface area contributed by atoms with Gasteiger partial charge in [0.2, 0.25) is 0 Å². The Hall–Kier alpha value is -7.78. The molecule has 12 aromatic rings. The van der Waals surface area contributed by atoms with E-state index in [-0.39, 0.29) is 0 Å². The van der Waals surface area contributed by atoms with E-state index in [0.717, 1.165) is 11.4 Å². The molecule has 1 nitrogen and oxygen atoms in total. The molecule has 0 aliphatic carbocycles. The summed E-state index contributed by atoms with van der Waals surface area (Å²) in [5.74, 6) is 0. The largest absolute Gasteiger partial charge is 0.309 e. The standard InChI is InChI=1S/C60H39NS/c1-3-12-40(13-4-1)42-28-32-52(33-29-42)61(57-21-11-20-55-58-54-19-10-9-18-51(54)39-56(60(58)62-59(55)57)44-15-5-2-6-16-44)53-34-30-43(31-35-53)46-24-25-49-38-50(27-26-48(49)37-46)47-23-22-41-14-7-8-17-45(41)36-47/h1-39H. The topological polar surface area (TPSA) is 3.24 Å². The second-order valence-corrected chi connectivity index (χ2v) is 17.1. The number of rotatable bonds is 7. The molecule has 0 saturated carbocycles. The maximum atomic E-state index is 2.44. The van der Waals surface area contributed by atoms with E-state index >= 15 is 0 Å². The van der Waals surface area contributed by atoms with Crippen molar-refractivity contribution in [2.24, 2.45) is 0 Å². The van der Waals surface area contributed by atoms with E-state index in [1.165, 1.54) is 103 Å². The van der Waals surface area contributed by atoms with E-state index in [2.05, 4.69) is 241 Å². The summed E-state index contributed by atoms with van der Waals surface area (Å²) in [4.78, 5) is 2.44. The van der Waals surface area contributed by atoms with Gasteiger partial charge >= 0.3 is 0 Å². The molecule has 0 atom stereocenters. The minimum absolute atomic E-state index is 1.11. The third-order valence-corrected chi connectivity index (χ3v) is 13.7. The molecule has 62 heavy (non-hydrogen) atoms. The molecule has 0 saturated heterocycles. The van der Waals surface area contributed by atoms with E-state index in [1.807, 2.05) is 11.3 Å². The Balaban J connectivity index is 0.970. The van der Waals surface area contributed by atoms with Crippen molar-refractivity contribution in [1.29, 1.82) is 0 Å². The van der Waals surface area contributed by atoms with Gasteiger partial charge < -0.3 is 4.90 Å². The predicted molar refractivity (Wildman–Crippen MR) is 268 cm³/mol. The van der Waals surface area contributed by atoms with Crippen molar-refractivity contribution in [3.05, 3.63) is 237 Å². The fraction of sp³-hybridized carbons (Fsp3) is 0. The van der Waals surface area contributed by atoms with Crippen LogP contribution in [0.1, 0.15) is 0 Å². The molecule has 0 aliphatic rings. The van der Waals surface area contributed by atoms with Crippen molar-refractivity contribution in [3.8, 4) is 44.5 Å². The summed E-state index contributed by atoms with van der Waals surface area (Å²) in [6.45, 7) is 0. The molecular weight excluding hydrogens is 767 g/mol. The molecule has 11 aromatic carbocycles. The van der Waals surface area contributed by atoms with Crippen LogP contribution in [0.3, 0.4) is 0 Å². The average molecular weight is 806 g/mol. The Morgan fingerprint density at radius 3 is 1.37 bits per heavy atom. The van der Waals surface area contributed by atoms with Gasteiger partial charge in [-0.25, -0.2) is 0 Å². The molecule has 0 fully saturated rings. The van der Waals surface area contributed by atoms with Crippen LogP contribution in [0, 0.1) is 0 Å². The highest BCUT2D eigenvalue weighted by molar-refractivity contribution is 7.27. The van der Waals surface area contributed by atoms with Gasteiger partial charge in [0.1, 0.15) is 0 Å². The number of fused-ring (bicyclic) bond motifs is 7. The van der Waals surface area contributed by atoms with Crippen molar-refractivity contribution < 1.29 is 0 Å². The maximum absolute atomic E-state index is 2.44. The first-order valence-electron chi connectivity index (χ1n) is 21.2. The van der Waals surface area contributed by atoms with E-state index in [9.17, 15) is 0 Å². The first kappa shape index (κ1) is 36.1. The van der Waals surface area contributed by atoms with Crippen LogP contribution in [-0.4, -0.2) is 0 Å². The summed E-state index contributed by atoms with van der Waals surface area (Å²) in [5, 5.41) is 10.1. The molecule has 0 spiro atoms. The molecule has 2 heteroatoms. The molecule has 0 N–H and O–H groups in total. The summed E-state index contributed by atoms with van der Waals surface area (Å²) >= 11 is 1.90. The van der Waals surface area contributed by atoms with Crippen LogP contribution in [0.15, 0.2) is 237 Å². The number of hydrogen-bond donors (Lipinski definition) is 0.